The highest BCUT2D eigenvalue weighted by molar-refractivity contribution is 5.23. The highest BCUT2D eigenvalue weighted by atomic mass is 16.5. The van der Waals surface area contributed by atoms with Crippen molar-refractivity contribution in [3.63, 3.8) is 0 Å². The summed E-state index contributed by atoms with van der Waals surface area (Å²) in [5, 5.41) is 3.73. The molecule has 1 fully saturated rings. The standard InChI is InChI=1S/C18H29NO/c1-4-10-19-18(17-11-14(3)20-13-17)12-16-8-6-15(5-2)7-9-16/h6-9,14,17-19H,4-5,10-13H2,1-3H3. The maximum Gasteiger partial charge on any atom is 0.0551 e. The lowest BCUT2D eigenvalue weighted by Gasteiger charge is -2.24. The maximum atomic E-state index is 5.76. The molecule has 0 radical (unpaired) electrons. The first-order valence-electron chi connectivity index (χ1n) is 8.15. The number of aryl methyl sites for hydroxylation is 1. The molecule has 1 heterocycles. The number of rotatable bonds is 7. The third-order valence-electron chi connectivity index (χ3n) is 4.34. The van der Waals surface area contributed by atoms with Crippen molar-refractivity contribution in [1.29, 1.82) is 0 Å². The summed E-state index contributed by atoms with van der Waals surface area (Å²) >= 11 is 0. The quantitative estimate of drug-likeness (QED) is 0.821. The van der Waals surface area contributed by atoms with E-state index in [1.165, 1.54) is 24.0 Å². The zero-order valence-corrected chi connectivity index (χ0v) is 13.2. The SMILES string of the molecule is CCCNC(Cc1ccc(CC)cc1)C1COC(C)C1. The normalized spacial score (nSPS) is 23.9. The first-order chi connectivity index (χ1) is 9.72. The molecule has 0 saturated carbocycles. The molecule has 1 saturated heterocycles. The summed E-state index contributed by atoms with van der Waals surface area (Å²) in [6.07, 6.45) is 5.03. The van der Waals surface area contributed by atoms with Crippen LogP contribution >= 0.6 is 0 Å². The molecule has 2 rings (SSSR count). The van der Waals surface area contributed by atoms with Crippen LogP contribution in [0.2, 0.25) is 0 Å². The van der Waals surface area contributed by atoms with Gasteiger partial charge in [0.05, 0.1) is 12.7 Å². The van der Waals surface area contributed by atoms with Gasteiger partial charge in [0, 0.05) is 12.0 Å². The minimum absolute atomic E-state index is 0.424. The highest BCUT2D eigenvalue weighted by Crippen LogP contribution is 2.24. The van der Waals surface area contributed by atoms with Crippen LogP contribution in [0.25, 0.3) is 0 Å². The summed E-state index contributed by atoms with van der Waals surface area (Å²) in [5.74, 6) is 0.655. The molecule has 2 heteroatoms. The van der Waals surface area contributed by atoms with E-state index in [4.69, 9.17) is 4.74 Å². The Morgan fingerprint density at radius 3 is 2.45 bits per heavy atom. The van der Waals surface area contributed by atoms with E-state index in [1.807, 2.05) is 0 Å². The molecule has 0 bridgehead atoms. The second-order valence-electron chi connectivity index (χ2n) is 6.07. The third-order valence-corrected chi connectivity index (χ3v) is 4.34. The van der Waals surface area contributed by atoms with Crippen molar-refractivity contribution in [2.45, 2.75) is 58.6 Å². The van der Waals surface area contributed by atoms with E-state index >= 15 is 0 Å². The van der Waals surface area contributed by atoms with E-state index in [1.54, 1.807) is 0 Å². The average Bonchev–Trinajstić information content (AvgIpc) is 2.90. The van der Waals surface area contributed by atoms with Gasteiger partial charge in [-0.1, -0.05) is 38.1 Å². The maximum absolute atomic E-state index is 5.76. The van der Waals surface area contributed by atoms with Gasteiger partial charge in [-0.2, -0.15) is 0 Å². The predicted molar refractivity (Wildman–Crippen MR) is 85.1 cm³/mol. The minimum atomic E-state index is 0.424. The smallest absolute Gasteiger partial charge is 0.0551 e. The minimum Gasteiger partial charge on any atom is -0.378 e. The predicted octanol–water partition coefficient (Wildman–Crippen LogP) is 3.58. The van der Waals surface area contributed by atoms with Crippen molar-refractivity contribution < 1.29 is 4.74 Å². The lowest BCUT2D eigenvalue weighted by Crippen LogP contribution is -2.39. The van der Waals surface area contributed by atoms with E-state index in [2.05, 4.69) is 50.4 Å². The molecule has 1 N–H and O–H groups in total. The van der Waals surface area contributed by atoms with E-state index in [0.29, 0.717) is 18.1 Å². The van der Waals surface area contributed by atoms with Crippen molar-refractivity contribution in [2.24, 2.45) is 5.92 Å². The molecule has 0 aliphatic carbocycles. The number of hydrogen-bond acceptors (Lipinski definition) is 2. The molecule has 1 aliphatic rings. The highest BCUT2D eigenvalue weighted by Gasteiger charge is 2.29. The fraction of sp³-hybridized carbons (Fsp3) is 0.667. The van der Waals surface area contributed by atoms with Gasteiger partial charge in [0.15, 0.2) is 0 Å². The molecule has 20 heavy (non-hydrogen) atoms. The first kappa shape index (κ1) is 15.5. The number of nitrogens with one attached hydrogen (secondary N) is 1. The van der Waals surface area contributed by atoms with Gasteiger partial charge in [-0.25, -0.2) is 0 Å². The molecule has 1 aromatic rings. The molecule has 3 atom stereocenters. The number of benzene rings is 1. The Balaban J connectivity index is 1.98. The zero-order chi connectivity index (χ0) is 14.4. The van der Waals surface area contributed by atoms with Crippen LogP contribution in [-0.2, 0) is 17.6 Å². The van der Waals surface area contributed by atoms with Gasteiger partial charge in [-0.3, -0.25) is 0 Å². The summed E-state index contributed by atoms with van der Waals surface area (Å²) in [6, 6.07) is 9.66. The van der Waals surface area contributed by atoms with Crippen LogP contribution in [0.15, 0.2) is 24.3 Å². The van der Waals surface area contributed by atoms with Crippen LogP contribution < -0.4 is 5.32 Å². The van der Waals surface area contributed by atoms with Gasteiger partial charge < -0.3 is 10.1 Å². The number of ether oxygens (including phenoxy) is 1. The van der Waals surface area contributed by atoms with Crippen LogP contribution in [0.1, 0.15) is 44.7 Å². The lowest BCUT2D eigenvalue weighted by molar-refractivity contribution is 0.117. The van der Waals surface area contributed by atoms with E-state index in [9.17, 15) is 0 Å². The molecule has 3 unspecified atom stereocenters. The average molecular weight is 275 g/mol. The molecule has 0 aromatic heterocycles. The van der Waals surface area contributed by atoms with Crippen molar-refractivity contribution in [2.75, 3.05) is 13.2 Å². The van der Waals surface area contributed by atoms with Crippen LogP contribution in [0.4, 0.5) is 0 Å². The fourth-order valence-corrected chi connectivity index (χ4v) is 3.03. The lowest BCUT2D eigenvalue weighted by atomic mass is 9.91. The van der Waals surface area contributed by atoms with Gasteiger partial charge in [0.25, 0.3) is 0 Å². The summed E-state index contributed by atoms with van der Waals surface area (Å²) in [5.41, 5.74) is 2.86. The summed E-state index contributed by atoms with van der Waals surface area (Å²) in [7, 11) is 0. The largest absolute Gasteiger partial charge is 0.378 e. The molecular formula is C18H29NO. The van der Waals surface area contributed by atoms with Crippen molar-refractivity contribution >= 4 is 0 Å². The van der Waals surface area contributed by atoms with Gasteiger partial charge >= 0.3 is 0 Å². The third kappa shape index (κ3) is 4.32. The van der Waals surface area contributed by atoms with Crippen molar-refractivity contribution in [1.82, 2.24) is 5.32 Å². The summed E-state index contributed by atoms with van der Waals surface area (Å²) < 4.78 is 5.76. The second-order valence-corrected chi connectivity index (χ2v) is 6.07. The fourth-order valence-electron chi connectivity index (χ4n) is 3.03. The van der Waals surface area contributed by atoms with Crippen molar-refractivity contribution in [3.8, 4) is 0 Å². The molecule has 0 amide bonds. The van der Waals surface area contributed by atoms with Gasteiger partial charge in [0.2, 0.25) is 0 Å². The molecule has 1 aromatic carbocycles. The molecular weight excluding hydrogens is 246 g/mol. The van der Waals surface area contributed by atoms with Gasteiger partial charge in [-0.15, -0.1) is 0 Å². The first-order valence-corrected chi connectivity index (χ1v) is 8.15. The molecule has 2 nitrogen and oxygen atoms in total. The van der Waals surface area contributed by atoms with E-state index < -0.39 is 0 Å². The Labute approximate surface area is 123 Å². The van der Waals surface area contributed by atoms with Gasteiger partial charge in [-0.05, 0) is 50.3 Å². The monoisotopic (exact) mass is 275 g/mol. The van der Waals surface area contributed by atoms with Gasteiger partial charge in [0.1, 0.15) is 0 Å². The Morgan fingerprint density at radius 2 is 1.90 bits per heavy atom. The summed E-state index contributed by atoms with van der Waals surface area (Å²) in [4.78, 5) is 0. The van der Waals surface area contributed by atoms with E-state index in [0.717, 1.165) is 26.0 Å². The van der Waals surface area contributed by atoms with Crippen LogP contribution in [-0.4, -0.2) is 25.3 Å². The second kappa shape index (κ2) is 7.80. The molecule has 0 spiro atoms. The number of hydrogen-bond donors (Lipinski definition) is 1. The molecule has 1 aliphatic heterocycles. The zero-order valence-electron chi connectivity index (χ0n) is 13.2. The van der Waals surface area contributed by atoms with Crippen LogP contribution in [0, 0.1) is 5.92 Å². The van der Waals surface area contributed by atoms with Crippen molar-refractivity contribution in [3.05, 3.63) is 35.4 Å². The Morgan fingerprint density at radius 1 is 1.20 bits per heavy atom. The molecule has 112 valence electrons. The summed E-state index contributed by atoms with van der Waals surface area (Å²) in [6.45, 7) is 8.64. The van der Waals surface area contributed by atoms with E-state index in [-0.39, 0.29) is 0 Å². The topological polar surface area (TPSA) is 21.3 Å². The van der Waals surface area contributed by atoms with Crippen LogP contribution in [0.3, 0.4) is 0 Å². The Kier molecular flexibility index (Phi) is 6.06. The van der Waals surface area contributed by atoms with Crippen LogP contribution in [0.5, 0.6) is 0 Å². The Hall–Kier alpha value is -0.860. The Bertz CT molecular complexity index is 387.